The molecule has 0 amide bonds. The molecule has 1 heterocycles. The Kier molecular flexibility index (Phi) is 2.82. The van der Waals surface area contributed by atoms with Crippen molar-refractivity contribution in [2.45, 2.75) is 38.5 Å². The van der Waals surface area contributed by atoms with Crippen molar-refractivity contribution in [2.75, 3.05) is 0 Å². The highest BCUT2D eigenvalue weighted by Crippen LogP contribution is 2.58. The van der Waals surface area contributed by atoms with Crippen LogP contribution in [0.25, 0.3) is 33.2 Å². The van der Waals surface area contributed by atoms with Gasteiger partial charge in [-0.2, -0.15) is 0 Å². The van der Waals surface area contributed by atoms with Gasteiger partial charge in [-0.25, -0.2) is 0 Å². The minimum atomic E-state index is -0.0941. The summed E-state index contributed by atoms with van der Waals surface area (Å²) < 4.78 is 0. The van der Waals surface area contributed by atoms with Crippen molar-refractivity contribution in [3.05, 3.63) is 89.1 Å². The summed E-state index contributed by atoms with van der Waals surface area (Å²) in [6, 6.07) is 22.5. The molecular formula is C27H23N. The Hall–Kier alpha value is -2.93. The highest BCUT2D eigenvalue weighted by molar-refractivity contribution is 5.99. The van der Waals surface area contributed by atoms with Crippen LogP contribution in [-0.4, -0.2) is 4.98 Å². The van der Waals surface area contributed by atoms with Crippen LogP contribution in [0, 0.1) is 0 Å². The van der Waals surface area contributed by atoms with Crippen LogP contribution in [0.5, 0.6) is 0 Å². The van der Waals surface area contributed by atoms with Crippen LogP contribution < -0.4 is 0 Å². The third-order valence-electron chi connectivity index (χ3n) is 7.10. The van der Waals surface area contributed by atoms with E-state index in [1.807, 2.05) is 6.20 Å². The summed E-state index contributed by atoms with van der Waals surface area (Å²) in [6.45, 7) is 9.43. The van der Waals surface area contributed by atoms with E-state index in [9.17, 15) is 0 Å². The predicted octanol–water partition coefficient (Wildman–Crippen LogP) is 6.85. The van der Waals surface area contributed by atoms with E-state index in [2.05, 4.69) is 88.4 Å². The first-order chi connectivity index (χ1) is 13.4. The molecule has 0 fully saturated rings. The van der Waals surface area contributed by atoms with Crippen molar-refractivity contribution in [3.63, 3.8) is 0 Å². The maximum Gasteiger partial charge on any atom is 0.0786 e. The summed E-state index contributed by atoms with van der Waals surface area (Å²) in [5.74, 6) is 0. The second-order valence-corrected chi connectivity index (χ2v) is 9.31. The number of fused-ring (bicyclic) bond motifs is 3. The van der Waals surface area contributed by atoms with Crippen molar-refractivity contribution in [2.24, 2.45) is 0 Å². The van der Waals surface area contributed by atoms with Crippen molar-refractivity contribution in [1.29, 1.82) is 0 Å². The summed E-state index contributed by atoms with van der Waals surface area (Å²) in [4.78, 5) is 4.95. The Morgan fingerprint density at radius 2 is 1.21 bits per heavy atom. The maximum atomic E-state index is 4.95. The largest absolute Gasteiger partial charge is 0.256 e. The van der Waals surface area contributed by atoms with Gasteiger partial charge in [-0.15, -0.1) is 0 Å². The van der Waals surface area contributed by atoms with E-state index in [0.717, 1.165) is 5.69 Å². The van der Waals surface area contributed by atoms with Gasteiger partial charge in [-0.3, -0.25) is 4.98 Å². The summed E-state index contributed by atoms with van der Waals surface area (Å²) >= 11 is 0. The summed E-state index contributed by atoms with van der Waals surface area (Å²) in [6.07, 6.45) is 2.00. The standard InChI is InChI=1S/C27H23N/c1-26(2)19-10-7-11-20-23(19)24-21(26)12-13-28-25(24)18-14-16-8-5-6-9-17(16)15-22(18)27(20,3)4/h5-15H,1-4H3. The normalized spacial score (nSPS) is 17.1. The fraction of sp³-hybridized carbons (Fsp3) is 0.222. The fourth-order valence-electron chi connectivity index (χ4n) is 5.55. The zero-order valence-electron chi connectivity index (χ0n) is 16.8. The molecule has 2 aliphatic carbocycles. The van der Waals surface area contributed by atoms with Crippen molar-refractivity contribution in [3.8, 4) is 22.4 Å². The number of benzene rings is 3. The number of rotatable bonds is 0. The van der Waals surface area contributed by atoms with E-state index in [4.69, 9.17) is 4.98 Å². The third kappa shape index (κ3) is 1.75. The molecule has 1 heteroatoms. The molecule has 0 unspecified atom stereocenters. The first-order valence-corrected chi connectivity index (χ1v) is 10.1. The van der Waals surface area contributed by atoms with Gasteiger partial charge < -0.3 is 0 Å². The van der Waals surface area contributed by atoms with Gasteiger partial charge in [0.25, 0.3) is 0 Å². The van der Waals surface area contributed by atoms with Crippen molar-refractivity contribution in [1.82, 2.24) is 4.98 Å². The third-order valence-corrected chi connectivity index (χ3v) is 7.10. The Balaban J connectivity index is 1.88. The molecule has 0 spiro atoms. The predicted molar refractivity (Wildman–Crippen MR) is 117 cm³/mol. The molecule has 0 atom stereocenters. The lowest BCUT2D eigenvalue weighted by molar-refractivity contribution is 0.635. The van der Waals surface area contributed by atoms with Gasteiger partial charge in [0.2, 0.25) is 0 Å². The molecule has 0 radical (unpaired) electrons. The highest BCUT2D eigenvalue weighted by atomic mass is 14.7. The number of pyridine rings is 1. The Bertz CT molecular complexity index is 1310. The van der Waals surface area contributed by atoms with Crippen molar-refractivity contribution >= 4 is 10.8 Å². The Morgan fingerprint density at radius 3 is 1.93 bits per heavy atom. The van der Waals surface area contributed by atoms with Crippen LogP contribution in [-0.2, 0) is 10.8 Å². The monoisotopic (exact) mass is 361 g/mol. The molecule has 0 bridgehead atoms. The van der Waals surface area contributed by atoms with Gasteiger partial charge in [0.05, 0.1) is 5.69 Å². The molecule has 1 nitrogen and oxygen atoms in total. The molecule has 1 aromatic heterocycles. The number of aromatic nitrogens is 1. The fourth-order valence-corrected chi connectivity index (χ4v) is 5.55. The molecule has 0 N–H and O–H groups in total. The molecule has 0 aliphatic heterocycles. The summed E-state index contributed by atoms with van der Waals surface area (Å²) in [5, 5.41) is 2.57. The quantitative estimate of drug-likeness (QED) is 0.334. The van der Waals surface area contributed by atoms with Crippen LogP contribution in [0.1, 0.15) is 49.9 Å². The second kappa shape index (κ2) is 4.91. The lowest BCUT2D eigenvalue weighted by Gasteiger charge is -2.30. The Labute approximate surface area is 166 Å². The number of hydrogen-bond acceptors (Lipinski definition) is 1. The molecule has 2 aliphatic rings. The lowest BCUT2D eigenvalue weighted by Crippen LogP contribution is -2.21. The molecule has 4 aromatic rings. The van der Waals surface area contributed by atoms with Crippen LogP contribution >= 0.6 is 0 Å². The molecule has 3 aromatic carbocycles. The smallest absolute Gasteiger partial charge is 0.0786 e. The van der Waals surface area contributed by atoms with Crippen LogP contribution in [0.2, 0.25) is 0 Å². The minimum absolute atomic E-state index is 0.00278. The van der Waals surface area contributed by atoms with Gasteiger partial charge in [-0.05, 0) is 56.8 Å². The van der Waals surface area contributed by atoms with E-state index >= 15 is 0 Å². The summed E-state index contributed by atoms with van der Waals surface area (Å²) in [5.41, 5.74) is 10.7. The van der Waals surface area contributed by atoms with E-state index in [1.54, 1.807) is 0 Å². The first kappa shape index (κ1) is 16.1. The average molecular weight is 361 g/mol. The minimum Gasteiger partial charge on any atom is -0.256 e. The molecule has 136 valence electrons. The van der Waals surface area contributed by atoms with Crippen LogP contribution in [0.4, 0.5) is 0 Å². The van der Waals surface area contributed by atoms with Gasteiger partial charge >= 0.3 is 0 Å². The maximum absolute atomic E-state index is 4.95. The number of hydrogen-bond donors (Lipinski definition) is 0. The van der Waals surface area contributed by atoms with Gasteiger partial charge in [0.15, 0.2) is 0 Å². The van der Waals surface area contributed by atoms with E-state index in [-0.39, 0.29) is 10.8 Å². The SMILES string of the molecule is CC1(C)c2cc3ccccc3cc2-c2nccc3c2-c2c1cccc2C3(C)C. The van der Waals surface area contributed by atoms with Crippen LogP contribution in [0.3, 0.4) is 0 Å². The van der Waals surface area contributed by atoms with E-state index in [0.29, 0.717) is 0 Å². The molecule has 28 heavy (non-hydrogen) atoms. The van der Waals surface area contributed by atoms with Gasteiger partial charge in [0.1, 0.15) is 0 Å². The molecular weight excluding hydrogens is 338 g/mol. The topological polar surface area (TPSA) is 12.9 Å². The lowest BCUT2D eigenvalue weighted by atomic mass is 9.73. The average Bonchev–Trinajstić information content (AvgIpc) is 2.90. The second-order valence-electron chi connectivity index (χ2n) is 9.31. The van der Waals surface area contributed by atoms with Gasteiger partial charge in [-0.1, -0.05) is 70.2 Å². The zero-order valence-corrected chi connectivity index (χ0v) is 16.8. The zero-order chi connectivity index (χ0) is 19.3. The van der Waals surface area contributed by atoms with Crippen LogP contribution in [0.15, 0.2) is 66.9 Å². The van der Waals surface area contributed by atoms with Crippen molar-refractivity contribution < 1.29 is 0 Å². The highest BCUT2D eigenvalue weighted by Gasteiger charge is 2.44. The number of nitrogens with zero attached hydrogens (tertiary/aromatic N) is 1. The van der Waals surface area contributed by atoms with E-state index in [1.165, 1.54) is 49.7 Å². The van der Waals surface area contributed by atoms with Gasteiger partial charge in [0, 0.05) is 28.2 Å². The molecule has 0 saturated heterocycles. The Morgan fingerprint density at radius 1 is 0.607 bits per heavy atom. The van der Waals surface area contributed by atoms with E-state index < -0.39 is 0 Å². The molecule has 6 rings (SSSR count). The molecule has 0 saturated carbocycles. The first-order valence-electron chi connectivity index (χ1n) is 10.1. The summed E-state index contributed by atoms with van der Waals surface area (Å²) in [7, 11) is 0.